The molecule has 12 heavy (non-hydrogen) atoms. The molecule has 2 nitrogen and oxygen atoms in total. The van der Waals surface area contributed by atoms with Gasteiger partial charge in [0, 0.05) is 49.0 Å². The van der Waals surface area contributed by atoms with E-state index in [-0.39, 0.29) is 0 Å². The molecule has 4 heteroatoms. The van der Waals surface area contributed by atoms with Gasteiger partial charge in [-0.2, -0.15) is 0 Å². The molecular formula is C8H15IN2S. The van der Waals surface area contributed by atoms with Crippen molar-refractivity contribution in [1.82, 2.24) is 7.42 Å². The summed E-state index contributed by atoms with van der Waals surface area (Å²) >= 11 is 4.33. The molecule has 1 spiro atoms. The Kier molecular flexibility index (Phi) is 2.89. The molecule has 0 radical (unpaired) electrons. The number of piperidine rings is 1. The van der Waals surface area contributed by atoms with Crippen molar-refractivity contribution in [2.24, 2.45) is 5.41 Å². The molecule has 0 aliphatic carbocycles. The topological polar surface area (TPSA) is 6.48 Å². The van der Waals surface area contributed by atoms with Crippen molar-refractivity contribution in [3.63, 3.8) is 0 Å². The summed E-state index contributed by atoms with van der Waals surface area (Å²) in [5.41, 5.74) is 0.716. The monoisotopic (exact) mass is 298 g/mol. The van der Waals surface area contributed by atoms with Crippen LogP contribution in [0.1, 0.15) is 12.8 Å². The summed E-state index contributed by atoms with van der Waals surface area (Å²) in [6.45, 7) is 5.25. The van der Waals surface area contributed by atoms with Crippen LogP contribution in [0.25, 0.3) is 0 Å². The second kappa shape index (κ2) is 3.63. The van der Waals surface area contributed by atoms with Crippen molar-refractivity contribution in [2.45, 2.75) is 12.8 Å². The van der Waals surface area contributed by atoms with E-state index >= 15 is 0 Å². The number of halogens is 1. The van der Waals surface area contributed by atoms with Crippen molar-refractivity contribution < 1.29 is 0 Å². The molecular weight excluding hydrogens is 283 g/mol. The standard InChI is InChI=1S/C8H15IN2S/c1-12-11-4-2-8(3-5-11)6-10(9)7-8/h2-7H2,1H3. The van der Waals surface area contributed by atoms with E-state index in [4.69, 9.17) is 0 Å². The van der Waals surface area contributed by atoms with Crippen molar-refractivity contribution >= 4 is 34.8 Å². The van der Waals surface area contributed by atoms with Gasteiger partial charge in [-0.05, 0) is 24.5 Å². The summed E-state index contributed by atoms with van der Waals surface area (Å²) in [4.78, 5) is 0. The first kappa shape index (κ1) is 9.55. The third kappa shape index (κ3) is 1.76. The van der Waals surface area contributed by atoms with Crippen LogP contribution in [0.15, 0.2) is 0 Å². The van der Waals surface area contributed by atoms with Gasteiger partial charge < -0.3 is 0 Å². The van der Waals surface area contributed by atoms with E-state index in [1.54, 1.807) is 0 Å². The van der Waals surface area contributed by atoms with Gasteiger partial charge in [0.05, 0.1) is 0 Å². The minimum atomic E-state index is 0.716. The summed E-state index contributed by atoms with van der Waals surface area (Å²) in [5, 5.41) is 0. The normalized spacial score (nSPS) is 30.5. The Labute approximate surface area is 92.7 Å². The van der Waals surface area contributed by atoms with Crippen molar-refractivity contribution in [3.8, 4) is 0 Å². The van der Waals surface area contributed by atoms with Gasteiger partial charge in [-0.15, -0.1) is 0 Å². The molecule has 0 saturated carbocycles. The Morgan fingerprint density at radius 1 is 1.25 bits per heavy atom. The Hall–Kier alpha value is 1.00. The van der Waals surface area contributed by atoms with Gasteiger partial charge in [-0.25, -0.2) is 3.11 Å². The Balaban J connectivity index is 1.83. The van der Waals surface area contributed by atoms with Gasteiger partial charge in [0.2, 0.25) is 0 Å². The Morgan fingerprint density at radius 3 is 2.25 bits per heavy atom. The van der Waals surface area contributed by atoms with Crippen LogP contribution in [0.3, 0.4) is 0 Å². The van der Waals surface area contributed by atoms with Crippen LogP contribution >= 0.6 is 34.8 Å². The van der Waals surface area contributed by atoms with Crippen molar-refractivity contribution in [2.75, 3.05) is 32.4 Å². The minimum Gasteiger partial charge on any atom is -0.251 e. The van der Waals surface area contributed by atoms with Gasteiger partial charge in [0.25, 0.3) is 0 Å². The van der Waals surface area contributed by atoms with Gasteiger partial charge in [0.15, 0.2) is 0 Å². The number of hydrogen-bond acceptors (Lipinski definition) is 3. The predicted molar refractivity (Wildman–Crippen MR) is 62.3 cm³/mol. The zero-order chi connectivity index (χ0) is 8.60. The highest BCUT2D eigenvalue weighted by Gasteiger charge is 2.43. The largest absolute Gasteiger partial charge is 0.251 e. The van der Waals surface area contributed by atoms with Crippen LogP contribution < -0.4 is 0 Å². The lowest BCUT2D eigenvalue weighted by Crippen LogP contribution is -2.55. The van der Waals surface area contributed by atoms with E-state index in [1.165, 1.54) is 39.0 Å². The molecule has 2 rings (SSSR count). The highest BCUT2D eigenvalue weighted by Crippen LogP contribution is 2.42. The van der Waals surface area contributed by atoms with Gasteiger partial charge in [-0.1, -0.05) is 11.9 Å². The summed E-state index contributed by atoms with van der Waals surface area (Å²) in [6.07, 6.45) is 5.00. The predicted octanol–water partition coefficient (Wildman–Crippen LogP) is 2.01. The lowest BCUT2D eigenvalue weighted by Gasteiger charge is -2.51. The molecule has 0 unspecified atom stereocenters. The van der Waals surface area contributed by atoms with E-state index in [1.807, 2.05) is 11.9 Å². The summed E-state index contributed by atoms with van der Waals surface area (Å²) < 4.78 is 4.90. The number of nitrogens with zero attached hydrogens (tertiary/aromatic N) is 2. The molecule has 0 N–H and O–H groups in total. The highest BCUT2D eigenvalue weighted by molar-refractivity contribution is 14.1. The minimum absolute atomic E-state index is 0.716. The molecule has 0 amide bonds. The van der Waals surface area contributed by atoms with Gasteiger partial charge >= 0.3 is 0 Å². The van der Waals surface area contributed by atoms with E-state index in [9.17, 15) is 0 Å². The summed E-state index contributed by atoms with van der Waals surface area (Å²) in [7, 11) is 0. The summed E-state index contributed by atoms with van der Waals surface area (Å²) in [5.74, 6) is 0. The lowest BCUT2D eigenvalue weighted by atomic mass is 9.74. The van der Waals surface area contributed by atoms with E-state index < -0.39 is 0 Å². The molecule has 2 fully saturated rings. The fourth-order valence-electron chi connectivity index (χ4n) is 2.14. The lowest BCUT2D eigenvalue weighted by molar-refractivity contribution is 0.0402. The zero-order valence-electron chi connectivity index (χ0n) is 7.42. The SMILES string of the molecule is CSN1CCC2(CC1)CN(I)C2. The molecule has 70 valence electrons. The van der Waals surface area contributed by atoms with Crippen LogP contribution in [-0.2, 0) is 0 Å². The average molecular weight is 298 g/mol. The summed E-state index contributed by atoms with van der Waals surface area (Å²) in [6, 6.07) is 0. The van der Waals surface area contributed by atoms with E-state index in [2.05, 4.69) is 36.5 Å². The van der Waals surface area contributed by atoms with Gasteiger partial charge in [-0.3, -0.25) is 4.31 Å². The molecule has 0 aromatic heterocycles. The first-order chi connectivity index (χ1) is 5.74. The maximum Gasteiger partial charge on any atom is 0.0201 e. The van der Waals surface area contributed by atoms with Gasteiger partial charge in [0.1, 0.15) is 0 Å². The first-order valence-corrected chi connectivity index (χ1v) is 6.59. The maximum absolute atomic E-state index is 2.49. The van der Waals surface area contributed by atoms with Crippen LogP contribution in [0.5, 0.6) is 0 Å². The van der Waals surface area contributed by atoms with Crippen LogP contribution in [-0.4, -0.2) is 39.9 Å². The first-order valence-electron chi connectivity index (χ1n) is 4.44. The Morgan fingerprint density at radius 2 is 1.83 bits per heavy atom. The van der Waals surface area contributed by atoms with Crippen LogP contribution in [0.4, 0.5) is 0 Å². The highest BCUT2D eigenvalue weighted by atomic mass is 127. The smallest absolute Gasteiger partial charge is 0.0201 e. The molecule has 0 bridgehead atoms. The second-order valence-corrected chi connectivity index (χ2v) is 6.14. The fourth-order valence-corrected chi connectivity index (χ4v) is 4.14. The van der Waals surface area contributed by atoms with Crippen LogP contribution in [0, 0.1) is 5.41 Å². The quantitative estimate of drug-likeness (QED) is 0.415. The third-order valence-electron chi connectivity index (χ3n) is 3.06. The molecule has 2 heterocycles. The second-order valence-electron chi connectivity index (χ2n) is 3.89. The maximum atomic E-state index is 2.49. The third-order valence-corrected chi connectivity index (χ3v) is 4.62. The Bertz CT molecular complexity index is 160. The molecule has 2 saturated heterocycles. The molecule has 0 aromatic rings. The number of hydrogen-bond donors (Lipinski definition) is 0. The fraction of sp³-hybridized carbons (Fsp3) is 1.00. The zero-order valence-corrected chi connectivity index (χ0v) is 10.4. The van der Waals surface area contributed by atoms with Crippen LogP contribution in [0.2, 0.25) is 0 Å². The molecule has 0 atom stereocenters. The molecule has 0 aromatic carbocycles. The molecule has 2 aliphatic rings. The van der Waals surface area contributed by atoms with E-state index in [0.29, 0.717) is 5.41 Å². The molecule has 2 aliphatic heterocycles. The number of rotatable bonds is 1. The average Bonchev–Trinajstić information content (AvgIpc) is 2.04. The van der Waals surface area contributed by atoms with Crippen molar-refractivity contribution in [3.05, 3.63) is 0 Å². The van der Waals surface area contributed by atoms with Crippen molar-refractivity contribution in [1.29, 1.82) is 0 Å². The van der Waals surface area contributed by atoms with E-state index in [0.717, 1.165) is 0 Å².